The van der Waals surface area contributed by atoms with Gasteiger partial charge in [0.25, 0.3) is 0 Å². The van der Waals surface area contributed by atoms with E-state index in [4.69, 9.17) is 16.2 Å². The molecule has 2 rings (SSSR count). The second kappa shape index (κ2) is 7.81. The van der Waals surface area contributed by atoms with Gasteiger partial charge in [-0.2, -0.15) is 0 Å². The van der Waals surface area contributed by atoms with Gasteiger partial charge in [-0.3, -0.25) is 14.9 Å². The summed E-state index contributed by atoms with van der Waals surface area (Å²) in [5.74, 6) is -0.421. The van der Waals surface area contributed by atoms with E-state index in [9.17, 15) is 9.59 Å². The van der Waals surface area contributed by atoms with E-state index < -0.39 is 23.4 Å². The van der Waals surface area contributed by atoms with Crippen LogP contribution in [-0.2, 0) is 16.0 Å². The molecule has 0 radical (unpaired) electrons. The first-order valence-corrected chi connectivity index (χ1v) is 7.90. The highest BCUT2D eigenvalue weighted by Crippen LogP contribution is 2.22. The number of benzene rings is 2. The van der Waals surface area contributed by atoms with Gasteiger partial charge in [0, 0.05) is 0 Å². The van der Waals surface area contributed by atoms with Gasteiger partial charge in [-0.15, -0.1) is 0 Å². The Kier molecular flexibility index (Phi) is 5.77. The normalized spacial score (nSPS) is 14.3. The molecule has 6 heteroatoms. The van der Waals surface area contributed by atoms with Crippen LogP contribution >= 0.6 is 0 Å². The molecule has 0 spiro atoms. The number of nitrogens with one attached hydrogen (secondary N) is 1. The quantitative estimate of drug-likeness (QED) is 0.672. The number of ether oxygens (including phenoxy) is 1. The van der Waals surface area contributed by atoms with Crippen molar-refractivity contribution in [3.63, 3.8) is 0 Å². The fourth-order valence-corrected chi connectivity index (χ4v) is 2.64. The van der Waals surface area contributed by atoms with Gasteiger partial charge in [0.05, 0.1) is 12.6 Å². The van der Waals surface area contributed by atoms with E-state index in [1.54, 1.807) is 50.4 Å². The number of carbonyl (C=O) groups is 2. The van der Waals surface area contributed by atoms with E-state index in [-0.39, 0.29) is 0 Å². The molecule has 25 heavy (non-hydrogen) atoms. The van der Waals surface area contributed by atoms with Crippen LogP contribution < -0.4 is 21.5 Å². The maximum absolute atomic E-state index is 12.1. The summed E-state index contributed by atoms with van der Waals surface area (Å²) in [4.78, 5) is 24.0. The molecule has 2 aromatic carbocycles. The maximum Gasteiger partial charge on any atom is 0.239 e. The standard InChI is InChI=1S/C19H23N3O3/c1-19(18(21)24,12-13-8-10-15(25-2)11-9-13)22-16(17(20)23)14-6-4-3-5-7-14/h3-11,16,22H,12H2,1-2H3,(H2,20,23)(H2,21,24). The second-order valence-electron chi connectivity index (χ2n) is 6.11. The molecule has 0 heterocycles. The lowest BCUT2D eigenvalue weighted by Gasteiger charge is -2.31. The van der Waals surface area contributed by atoms with Gasteiger partial charge in [-0.05, 0) is 36.6 Å². The predicted octanol–water partition coefficient (Wildman–Crippen LogP) is 1.30. The minimum absolute atomic E-state index is 0.308. The van der Waals surface area contributed by atoms with Crippen LogP contribution in [0.3, 0.4) is 0 Å². The van der Waals surface area contributed by atoms with Crippen molar-refractivity contribution in [3.8, 4) is 5.75 Å². The first-order valence-electron chi connectivity index (χ1n) is 7.90. The Morgan fingerprint density at radius 1 is 1.08 bits per heavy atom. The number of hydrogen-bond acceptors (Lipinski definition) is 4. The summed E-state index contributed by atoms with van der Waals surface area (Å²) in [6, 6.07) is 15.5. The van der Waals surface area contributed by atoms with E-state index in [2.05, 4.69) is 5.32 Å². The van der Waals surface area contributed by atoms with Gasteiger partial charge in [0.15, 0.2) is 0 Å². The van der Waals surface area contributed by atoms with Crippen LogP contribution in [0.4, 0.5) is 0 Å². The van der Waals surface area contributed by atoms with E-state index >= 15 is 0 Å². The molecule has 5 N–H and O–H groups in total. The van der Waals surface area contributed by atoms with Crippen molar-refractivity contribution < 1.29 is 14.3 Å². The van der Waals surface area contributed by atoms with E-state index in [1.807, 2.05) is 18.2 Å². The van der Waals surface area contributed by atoms with Gasteiger partial charge in [0.1, 0.15) is 11.8 Å². The first-order chi connectivity index (χ1) is 11.9. The Bertz CT molecular complexity index is 731. The zero-order valence-electron chi connectivity index (χ0n) is 14.4. The third-order valence-corrected chi connectivity index (χ3v) is 4.14. The lowest BCUT2D eigenvalue weighted by Crippen LogP contribution is -2.57. The highest BCUT2D eigenvalue weighted by molar-refractivity contribution is 5.87. The van der Waals surface area contributed by atoms with Crippen molar-refractivity contribution in [1.29, 1.82) is 0 Å². The molecule has 0 aliphatic heterocycles. The van der Waals surface area contributed by atoms with Crippen LogP contribution in [0.1, 0.15) is 24.1 Å². The number of carbonyl (C=O) groups excluding carboxylic acids is 2. The molecule has 2 aromatic rings. The molecule has 0 saturated heterocycles. The third-order valence-electron chi connectivity index (χ3n) is 4.14. The van der Waals surface area contributed by atoms with Crippen LogP contribution in [0, 0.1) is 0 Å². The molecular weight excluding hydrogens is 318 g/mol. The van der Waals surface area contributed by atoms with Gasteiger partial charge in [0.2, 0.25) is 11.8 Å². The summed E-state index contributed by atoms with van der Waals surface area (Å²) in [6.07, 6.45) is 0.308. The Morgan fingerprint density at radius 2 is 1.68 bits per heavy atom. The molecular formula is C19H23N3O3. The topological polar surface area (TPSA) is 107 Å². The number of hydrogen-bond donors (Lipinski definition) is 3. The lowest BCUT2D eigenvalue weighted by molar-refractivity contribution is -0.126. The minimum Gasteiger partial charge on any atom is -0.497 e. The highest BCUT2D eigenvalue weighted by atomic mass is 16.5. The number of methoxy groups -OCH3 is 1. The van der Waals surface area contributed by atoms with Gasteiger partial charge < -0.3 is 16.2 Å². The fourth-order valence-electron chi connectivity index (χ4n) is 2.64. The van der Waals surface area contributed by atoms with Crippen LogP contribution in [0.25, 0.3) is 0 Å². The Morgan fingerprint density at radius 3 is 2.16 bits per heavy atom. The lowest BCUT2D eigenvalue weighted by atomic mass is 9.89. The highest BCUT2D eigenvalue weighted by Gasteiger charge is 2.35. The summed E-state index contributed by atoms with van der Waals surface area (Å²) < 4.78 is 5.13. The van der Waals surface area contributed by atoms with Gasteiger partial charge in [-0.1, -0.05) is 42.5 Å². The van der Waals surface area contributed by atoms with Crippen LogP contribution in [0.2, 0.25) is 0 Å². The van der Waals surface area contributed by atoms with Crippen LogP contribution in [-0.4, -0.2) is 24.5 Å². The molecule has 2 amide bonds. The summed E-state index contributed by atoms with van der Waals surface area (Å²) in [7, 11) is 1.58. The van der Waals surface area contributed by atoms with Crippen LogP contribution in [0.5, 0.6) is 5.75 Å². The monoisotopic (exact) mass is 341 g/mol. The first kappa shape index (κ1) is 18.5. The Labute approximate surface area is 147 Å². The van der Waals surface area contributed by atoms with Crippen molar-refractivity contribution in [2.24, 2.45) is 11.5 Å². The van der Waals surface area contributed by atoms with Gasteiger partial charge >= 0.3 is 0 Å². The average Bonchev–Trinajstić information content (AvgIpc) is 2.61. The van der Waals surface area contributed by atoms with Crippen molar-refractivity contribution in [2.45, 2.75) is 24.9 Å². The molecule has 2 unspecified atom stereocenters. The summed E-state index contributed by atoms with van der Waals surface area (Å²) >= 11 is 0. The zero-order chi connectivity index (χ0) is 18.4. The summed E-state index contributed by atoms with van der Waals surface area (Å²) in [5, 5.41) is 3.04. The SMILES string of the molecule is COc1ccc(CC(C)(NC(C(N)=O)c2ccccc2)C(N)=O)cc1. The summed E-state index contributed by atoms with van der Waals surface area (Å²) in [5.41, 5.74) is 11.6. The molecule has 2 atom stereocenters. The van der Waals surface area contributed by atoms with Crippen molar-refractivity contribution in [3.05, 3.63) is 65.7 Å². The number of nitrogens with two attached hydrogens (primary N) is 2. The van der Waals surface area contributed by atoms with Crippen LogP contribution in [0.15, 0.2) is 54.6 Å². The van der Waals surface area contributed by atoms with E-state index in [0.717, 1.165) is 11.3 Å². The number of primary amides is 2. The van der Waals surface area contributed by atoms with Crippen molar-refractivity contribution >= 4 is 11.8 Å². The molecule has 0 aromatic heterocycles. The number of amides is 2. The molecule has 0 aliphatic carbocycles. The Balaban J connectivity index is 2.27. The van der Waals surface area contributed by atoms with Crippen molar-refractivity contribution in [1.82, 2.24) is 5.32 Å². The van der Waals surface area contributed by atoms with Crippen molar-refractivity contribution in [2.75, 3.05) is 7.11 Å². The summed E-state index contributed by atoms with van der Waals surface area (Å²) in [6.45, 7) is 1.67. The average molecular weight is 341 g/mol. The minimum atomic E-state index is -1.15. The zero-order valence-corrected chi connectivity index (χ0v) is 14.4. The number of rotatable bonds is 8. The fraction of sp³-hybridized carbons (Fsp3) is 0.263. The van der Waals surface area contributed by atoms with E-state index in [0.29, 0.717) is 12.0 Å². The molecule has 132 valence electrons. The molecule has 0 saturated carbocycles. The molecule has 0 fully saturated rings. The molecule has 6 nitrogen and oxygen atoms in total. The van der Waals surface area contributed by atoms with Gasteiger partial charge in [-0.25, -0.2) is 0 Å². The smallest absolute Gasteiger partial charge is 0.239 e. The predicted molar refractivity (Wildman–Crippen MR) is 95.8 cm³/mol. The Hall–Kier alpha value is -2.86. The molecule has 0 aliphatic rings. The molecule has 0 bridgehead atoms. The third kappa shape index (κ3) is 4.58. The maximum atomic E-state index is 12.1. The second-order valence-corrected chi connectivity index (χ2v) is 6.11. The largest absolute Gasteiger partial charge is 0.497 e. The van der Waals surface area contributed by atoms with E-state index in [1.165, 1.54) is 0 Å².